The molecule has 0 amide bonds. The summed E-state index contributed by atoms with van der Waals surface area (Å²) < 4.78 is 10.2. The number of hydrogen-bond acceptors (Lipinski definition) is 4. The maximum atomic E-state index is 11.6. The van der Waals surface area contributed by atoms with Crippen LogP contribution in [0.25, 0.3) is 0 Å². The summed E-state index contributed by atoms with van der Waals surface area (Å²) in [5.41, 5.74) is 2.37. The van der Waals surface area contributed by atoms with Gasteiger partial charge in [0.15, 0.2) is 0 Å². The molecule has 92 valence electrons. The number of ether oxygens (including phenoxy) is 2. The Morgan fingerprint density at radius 2 is 2.29 bits per heavy atom. The third-order valence-electron chi connectivity index (χ3n) is 2.95. The van der Waals surface area contributed by atoms with Gasteiger partial charge in [-0.15, -0.1) is 0 Å². The molecule has 17 heavy (non-hydrogen) atoms. The molecular weight excluding hydrogens is 218 g/mol. The molecule has 4 heteroatoms. The van der Waals surface area contributed by atoms with E-state index in [0.29, 0.717) is 19.6 Å². The van der Waals surface area contributed by atoms with Gasteiger partial charge in [-0.25, -0.2) is 0 Å². The van der Waals surface area contributed by atoms with Crippen LogP contribution in [0.3, 0.4) is 0 Å². The largest absolute Gasteiger partial charge is 0.497 e. The van der Waals surface area contributed by atoms with E-state index in [4.69, 9.17) is 9.47 Å². The van der Waals surface area contributed by atoms with Crippen molar-refractivity contribution in [1.29, 1.82) is 0 Å². The van der Waals surface area contributed by atoms with Gasteiger partial charge in [0.05, 0.1) is 13.7 Å². The Morgan fingerprint density at radius 1 is 1.47 bits per heavy atom. The van der Waals surface area contributed by atoms with Crippen LogP contribution in [-0.2, 0) is 22.5 Å². The fourth-order valence-corrected chi connectivity index (χ4v) is 2.03. The van der Waals surface area contributed by atoms with Crippen molar-refractivity contribution in [1.82, 2.24) is 5.32 Å². The first-order chi connectivity index (χ1) is 8.24. The van der Waals surface area contributed by atoms with Crippen molar-refractivity contribution in [3.63, 3.8) is 0 Å². The number of rotatable bonds is 3. The summed E-state index contributed by atoms with van der Waals surface area (Å²) >= 11 is 0. The van der Waals surface area contributed by atoms with E-state index in [1.807, 2.05) is 25.1 Å². The second-order valence-corrected chi connectivity index (χ2v) is 4.02. The number of nitrogens with one attached hydrogen (secondary N) is 1. The molecule has 0 aromatic heterocycles. The standard InChI is InChI=1S/C13H17NO3/c1-3-17-13(15)12-7-10-6-11(16-2)5-4-9(10)8-14-12/h4-6,12,14H,3,7-8H2,1-2H3. The maximum absolute atomic E-state index is 11.6. The molecule has 1 unspecified atom stereocenters. The lowest BCUT2D eigenvalue weighted by Crippen LogP contribution is -2.42. The van der Waals surface area contributed by atoms with Gasteiger partial charge in [0.1, 0.15) is 11.8 Å². The van der Waals surface area contributed by atoms with E-state index in [1.165, 1.54) is 5.56 Å². The van der Waals surface area contributed by atoms with E-state index in [1.54, 1.807) is 7.11 Å². The second-order valence-electron chi connectivity index (χ2n) is 4.02. The topological polar surface area (TPSA) is 47.6 Å². The highest BCUT2D eigenvalue weighted by Gasteiger charge is 2.25. The smallest absolute Gasteiger partial charge is 0.323 e. The zero-order chi connectivity index (χ0) is 12.3. The Bertz CT molecular complexity index is 417. The monoisotopic (exact) mass is 235 g/mol. The van der Waals surface area contributed by atoms with E-state index in [9.17, 15) is 4.79 Å². The first kappa shape index (κ1) is 11.9. The lowest BCUT2D eigenvalue weighted by atomic mass is 9.95. The minimum absolute atomic E-state index is 0.180. The quantitative estimate of drug-likeness (QED) is 0.802. The maximum Gasteiger partial charge on any atom is 0.323 e. The number of hydrogen-bond donors (Lipinski definition) is 1. The normalized spacial score (nSPS) is 18.4. The SMILES string of the molecule is CCOC(=O)C1Cc2cc(OC)ccc2CN1. The Hall–Kier alpha value is -1.55. The molecule has 0 spiro atoms. The van der Waals surface area contributed by atoms with Crippen molar-refractivity contribution < 1.29 is 14.3 Å². The number of methoxy groups -OCH3 is 1. The van der Waals surface area contributed by atoms with Gasteiger partial charge in [0.2, 0.25) is 0 Å². The summed E-state index contributed by atoms with van der Waals surface area (Å²) in [6.45, 7) is 2.93. The van der Waals surface area contributed by atoms with Crippen molar-refractivity contribution in [2.75, 3.05) is 13.7 Å². The van der Waals surface area contributed by atoms with Gasteiger partial charge in [-0.2, -0.15) is 0 Å². The third kappa shape index (κ3) is 2.58. The Labute approximate surface area is 101 Å². The van der Waals surface area contributed by atoms with Gasteiger partial charge in [-0.3, -0.25) is 4.79 Å². The molecule has 1 aromatic carbocycles. The molecule has 1 heterocycles. The highest BCUT2D eigenvalue weighted by Crippen LogP contribution is 2.22. The van der Waals surface area contributed by atoms with E-state index >= 15 is 0 Å². The fourth-order valence-electron chi connectivity index (χ4n) is 2.03. The van der Waals surface area contributed by atoms with Gasteiger partial charge in [-0.05, 0) is 36.6 Å². The molecule has 0 saturated heterocycles. The van der Waals surface area contributed by atoms with Crippen molar-refractivity contribution in [2.45, 2.75) is 25.9 Å². The van der Waals surface area contributed by atoms with Crippen molar-refractivity contribution >= 4 is 5.97 Å². The third-order valence-corrected chi connectivity index (χ3v) is 2.95. The Balaban J connectivity index is 2.14. The van der Waals surface area contributed by atoms with E-state index in [0.717, 1.165) is 11.3 Å². The summed E-state index contributed by atoms with van der Waals surface area (Å²) in [6, 6.07) is 5.71. The molecule has 1 atom stereocenters. The second kappa shape index (κ2) is 5.19. The molecule has 1 aromatic rings. The van der Waals surface area contributed by atoms with Crippen molar-refractivity contribution in [3.8, 4) is 5.75 Å². The Morgan fingerprint density at radius 3 is 3.00 bits per heavy atom. The van der Waals surface area contributed by atoms with Gasteiger partial charge < -0.3 is 14.8 Å². The molecule has 0 saturated carbocycles. The zero-order valence-corrected chi connectivity index (χ0v) is 10.2. The molecule has 2 rings (SSSR count). The molecule has 0 fully saturated rings. The average Bonchev–Trinajstić information content (AvgIpc) is 2.37. The van der Waals surface area contributed by atoms with Crippen LogP contribution in [0, 0.1) is 0 Å². The minimum atomic E-state index is -0.241. The highest BCUT2D eigenvalue weighted by molar-refractivity contribution is 5.76. The van der Waals surface area contributed by atoms with Crippen LogP contribution in [0.1, 0.15) is 18.1 Å². The molecule has 0 bridgehead atoms. The van der Waals surface area contributed by atoms with Gasteiger partial charge in [0.25, 0.3) is 0 Å². The van der Waals surface area contributed by atoms with Crippen molar-refractivity contribution in [2.24, 2.45) is 0 Å². The molecule has 0 radical (unpaired) electrons. The van der Waals surface area contributed by atoms with Crippen LogP contribution in [-0.4, -0.2) is 25.7 Å². The lowest BCUT2D eigenvalue weighted by molar-refractivity contribution is -0.145. The Kier molecular flexibility index (Phi) is 3.64. The predicted octanol–water partition coefficient (Wildman–Crippen LogP) is 1.27. The molecule has 4 nitrogen and oxygen atoms in total. The minimum Gasteiger partial charge on any atom is -0.497 e. The number of benzene rings is 1. The summed E-state index contributed by atoms with van der Waals surface area (Å²) in [5, 5.41) is 3.18. The van der Waals surface area contributed by atoms with Gasteiger partial charge in [-0.1, -0.05) is 6.07 Å². The van der Waals surface area contributed by atoms with Crippen LogP contribution >= 0.6 is 0 Å². The van der Waals surface area contributed by atoms with Gasteiger partial charge in [0, 0.05) is 6.54 Å². The first-order valence-corrected chi connectivity index (χ1v) is 5.80. The van der Waals surface area contributed by atoms with Crippen LogP contribution in [0.15, 0.2) is 18.2 Å². The summed E-state index contributed by atoms with van der Waals surface area (Å²) in [5.74, 6) is 0.647. The van der Waals surface area contributed by atoms with E-state index in [-0.39, 0.29) is 12.0 Å². The number of esters is 1. The zero-order valence-electron chi connectivity index (χ0n) is 10.2. The lowest BCUT2D eigenvalue weighted by Gasteiger charge is -2.24. The molecule has 1 aliphatic rings. The van der Waals surface area contributed by atoms with Gasteiger partial charge >= 0.3 is 5.97 Å². The van der Waals surface area contributed by atoms with E-state index < -0.39 is 0 Å². The number of carbonyl (C=O) groups is 1. The number of fused-ring (bicyclic) bond motifs is 1. The van der Waals surface area contributed by atoms with Crippen molar-refractivity contribution in [3.05, 3.63) is 29.3 Å². The van der Waals surface area contributed by atoms with Crippen LogP contribution in [0.4, 0.5) is 0 Å². The van der Waals surface area contributed by atoms with Crippen LogP contribution in [0.5, 0.6) is 5.75 Å². The first-order valence-electron chi connectivity index (χ1n) is 5.80. The predicted molar refractivity (Wildman–Crippen MR) is 64.0 cm³/mol. The highest BCUT2D eigenvalue weighted by atomic mass is 16.5. The van der Waals surface area contributed by atoms with Crippen LogP contribution in [0.2, 0.25) is 0 Å². The summed E-state index contributed by atoms with van der Waals surface area (Å²) in [6.07, 6.45) is 0.658. The molecule has 1 N–H and O–H groups in total. The van der Waals surface area contributed by atoms with E-state index in [2.05, 4.69) is 5.32 Å². The number of carbonyl (C=O) groups excluding carboxylic acids is 1. The summed E-state index contributed by atoms with van der Waals surface area (Å²) in [7, 11) is 1.64. The molecule has 1 aliphatic heterocycles. The summed E-state index contributed by atoms with van der Waals surface area (Å²) in [4.78, 5) is 11.6. The molecule has 0 aliphatic carbocycles. The van der Waals surface area contributed by atoms with Crippen LogP contribution < -0.4 is 10.1 Å². The molecular formula is C13H17NO3. The average molecular weight is 235 g/mol. The fraction of sp³-hybridized carbons (Fsp3) is 0.462.